The Balaban J connectivity index is 1.56. The highest BCUT2D eigenvalue weighted by atomic mass is 32.1. The van der Waals surface area contributed by atoms with Crippen molar-refractivity contribution in [3.8, 4) is 17.2 Å². The fraction of sp³-hybridized carbons (Fsp3) is 0.511. The molecule has 0 fully saturated rings. The molecule has 0 saturated carbocycles. The minimum atomic E-state index is -2.27. The molecule has 0 unspecified atom stereocenters. The molecular formula is C92H132N20O31S. The maximum Gasteiger partial charge on any atom is 0.305 e. The van der Waals surface area contributed by atoms with Gasteiger partial charge in [-0.25, -0.2) is 0 Å². The summed E-state index contributed by atoms with van der Waals surface area (Å²) in [5, 5.41) is 142. The number of rotatable bonds is 63. The van der Waals surface area contributed by atoms with Gasteiger partial charge in [0.2, 0.25) is 106 Å². The summed E-state index contributed by atoms with van der Waals surface area (Å²) in [6.45, 7) is 7.32. The number of carboxylic acids is 3. The van der Waals surface area contributed by atoms with Crippen molar-refractivity contribution in [2.24, 2.45) is 23.1 Å². The molecule has 0 aliphatic rings. The molecule has 51 nitrogen and oxygen atoms in total. The maximum atomic E-state index is 14.8. The van der Waals surface area contributed by atoms with Crippen LogP contribution in [0.5, 0.6) is 17.2 Å². The fourth-order valence-electron chi connectivity index (χ4n) is 13.8. The van der Waals surface area contributed by atoms with Crippen LogP contribution in [-0.2, 0) is 126 Å². The van der Waals surface area contributed by atoms with Crippen molar-refractivity contribution in [2.45, 2.75) is 260 Å². The molecule has 4 aromatic carbocycles. The smallest absolute Gasteiger partial charge is 0.305 e. The second-order valence-electron chi connectivity index (χ2n) is 34.9. The molecule has 0 saturated heterocycles. The number of aliphatic hydroxyl groups is 4. The number of primary amides is 1. The van der Waals surface area contributed by atoms with E-state index < -0.39 is 315 Å². The Morgan fingerprint density at radius 3 is 1.13 bits per heavy atom. The second-order valence-corrected chi connectivity index (χ2v) is 35.3. The predicted octanol–water partition coefficient (Wildman–Crippen LogP) is -8.35. The van der Waals surface area contributed by atoms with Crippen LogP contribution in [0, 0.1) is 5.92 Å². The van der Waals surface area contributed by atoms with Gasteiger partial charge in [-0.05, 0) is 151 Å². The molecule has 4 rings (SSSR count). The molecule has 144 heavy (non-hydrogen) atoms. The molecule has 0 bridgehead atoms. The Morgan fingerprint density at radius 2 is 0.708 bits per heavy atom. The number of benzene rings is 4. The largest absolute Gasteiger partial charge is 0.508 e. The number of phenolic OH excluding ortho intramolecular Hbond substituents is 3. The first kappa shape index (κ1) is 122. The molecule has 0 heterocycles. The maximum absolute atomic E-state index is 14.8. The average molecular weight is 2050 g/mol. The number of unbranched alkanes of at least 4 members (excludes halogenated alkanes) is 1. The van der Waals surface area contributed by atoms with Crippen molar-refractivity contribution in [3.63, 3.8) is 0 Å². The predicted molar refractivity (Wildman–Crippen MR) is 513 cm³/mol. The number of hydrogen-bond acceptors (Lipinski definition) is 31. The number of aliphatic carboxylic acids is 3. The molecule has 0 aromatic heterocycles. The van der Waals surface area contributed by atoms with Crippen LogP contribution >= 0.6 is 12.6 Å². The zero-order chi connectivity index (χ0) is 108. The number of hydrogen-bond donors (Lipinski definition) is 31. The van der Waals surface area contributed by atoms with Crippen LogP contribution in [0.1, 0.15) is 142 Å². The average Bonchev–Trinajstić information content (AvgIpc) is 0.843. The van der Waals surface area contributed by atoms with Crippen molar-refractivity contribution in [1.29, 1.82) is 0 Å². The Morgan fingerprint density at radius 1 is 0.368 bits per heavy atom. The summed E-state index contributed by atoms with van der Waals surface area (Å²) >= 11 is 4.23. The van der Waals surface area contributed by atoms with Crippen LogP contribution < -0.4 is 108 Å². The SMILES string of the molecule is CC[C@H](C)[C@H](NC(=O)[C@H](CO)NC(=O)[C@H](Cc1ccc(O)cc1)NC(=O)[C@H](CC(=O)O)NC(=O)[C@H](CO)NC(=O)[C@@H](NC(=O)[C@H](Cc1ccccc1)NC(=O)[C@@H](NC(=O)CNC(=O)[C@H](CCC(=O)O)NC(=O)C(C)(C)NC(=O)[C@@H](N)Cc1ccc(O)cc1)[C@@H](C)O)[C@@H](C)O)C(=O)N[C@@H](Cc1ccc(O)cc1)C(=O)N[C@@H](CS)C(=O)N[C@@H](CC(=O)O)C(=O)N[C@@H](CCCCN)C(=O)N[C@@H](CCC(N)=O)C(=O)NC(C)C. The minimum Gasteiger partial charge on any atom is -0.508 e. The van der Waals surface area contributed by atoms with Crippen molar-refractivity contribution in [3.05, 3.63) is 125 Å². The quantitative estimate of drug-likeness (QED) is 0.0144. The standard InChI is InChI=1S/C92H132N20O31S/c1-9-46(4)73(88(140)103-61(38-52-22-28-55(119)29-23-52)81(133)107-67(44-144)87(139)102-63(39-71(124)125)82(134)98-57(17-13-14-34-93)79(131)99-59(30-32-68(95)120)78(130)97-45(2)3)110-86(138)66(43-114)105-80(132)60(37-51-20-26-54(118)27-21-51)100-83(135)64(40-72(126)127)101-85(137)65(42-113)106-90(142)75(48(6)116)111-84(136)62(36-49-15-11-10-12-16-49)104-89(141)74(47(5)115)109-69(121)41-96-77(129)58(31-33-70(122)123)108-91(143)92(7,8)112-76(128)56(94)35-50-18-24-53(117)25-19-50/h10-12,15-16,18-29,45-48,56-67,73-75,113-119,144H,9,13-14,17,30-44,93-94H2,1-8H3,(H2,95,120)(H,96,129)(H,97,130)(H,98,134)(H,99,131)(H,100,135)(H,101,137)(H,102,139)(H,103,140)(H,104,141)(H,105,132)(H,106,142)(H,107,133)(H,108,143)(H,109,121)(H,110,138)(H,111,136)(H,112,128)(H,122,123)(H,124,125)(H,126,127)/t46-,47+,48+,56-,57-,58-,59-,60-,61-,62-,63-,64-,65-,66-,67-,73-,74-,75-/m0/s1. The number of carbonyl (C=O) groups is 21. The lowest BCUT2D eigenvalue weighted by Gasteiger charge is -2.29. The lowest BCUT2D eigenvalue weighted by atomic mass is 9.96. The number of amides is 18. The molecular weight excluding hydrogens is 1910 g/mol. The summed E-state index contributed by atoms with van der Waals surface area (Å²) in [5.74, 6) is -27.9. The molecule has 0 spiro atoms. The molecule has 0 aliphatic carbocycles. The van der Waals surface area contributed by atoms with E-state index in [4.69, 9.17) is 17.2 Å². The van der Waals surface area contributed by atoms with E-state index in [1.54, 1.807) is 26.8 Å². The lowest BCUT2D eigenvalue weighted by Crippen LogP contribution is -2.63. The van der Waals surface area contributed by atoms with E-state index in [-0.39, 0.29) is 73.4 Å². The summed E-state index contributed by atoms with van der Waals surface area (Å²) in [7, 11) is 0. The van der Waals surface area contributed by atoms with E-state index in [0.717, 1.165) is 26.0 Å². The molecule has 0 aliphatic heterocycles. The number of nitrogens with one attached hydrogen (secondary N) is 17. The number of carbonyl (C=O) groups excluding carboxylic acids is 18. The van der Waals surface area contributed by atoms with Gasteiger partial charge in [-0.3, -0.25) is 101 Å². The van der Waals surface area contributed by atoms with Crippen LogP contribution in [0.4, 0.5) is 0 Å². The van der Waals surface area contributed by atoms with Crippen LogP contribution in [0.2, 0.25) is 0 Å². The molecule has 4 aromatic rings. The molecule has 52 heteroatoms. The van der Waals surface area contributed by atoms with Gasteiger partial charge in [0.25, 0.3) is 0 Å². The Labute approximate surface area is 832 Å². The Bertz CT molecular complexity index is 5080. The summed E-state index contributed by atoms with van der Waals surface area (Å²) in [5.41, 5.74) is 16.6. The van der Waals surface area contributed by atoms with Gasteiger partial charge < -0.3 is 159 Å². The van der Waals surface area contributed by atoms with Gasteiger partial charge in [-0.1, -0.05) is 87.0 Å². The van der Waals surface area contributed by atoms with E-state index in [1.165, 1.54) is 106 Å². The zero-order valence-corrected chi connectivity index (χ0v) is 81.3. The number of nitrogens with two attached hydrogens (primary N) is 3. The Hall–Kier alpha value is -14.7. The van der Waals surface area contributed by atoms with Gasteiger partial charge in [-0.2, -0.15) is 12.6 Å². The van der Waals surface area contributed by atoms with Crippen LogP contribution in [0.3, 0.4) is 0 Å². The first-order valence-corrected chi connectivity index (χ1v) is 46.5. The first-order valence-electron chi connectivity index (χ1n) is 45.8. The van der Waals surface area contributed by atoms with Gasteiger partial charge >= 0.3 is 17.9 Å². The van der Waals surface area contributed by atoms with Crippen LogP contribution in [0.25, 0.3) is 0 Å². The van der Waals surface area contributed by atoms with E-state index in [1.807, 2.05) is 5.32 Å². The number of aliphatic hydroxyl groups excluding tert-OH is 4. The van der Waals surface area contributed by atoms with E-state index in [0.29, 0.717) is 17.5 Å². The van der Waals surface area contributed by atoms with Gasteiger partial charge in [0.15, 0.2) is 0 Å². The summed E-state index contributed by atoms with van der Waals surface area (Å²) in [6, 6.07) is -4.35. The lowest BCUT2D eigenvalue weighted by molar-refractivity contribution is -0.142. The molecule has 18 atom stereocenters. The highest BCUT2D eigenvalue weighted by Crippen LogP contribution is 2.20. The van der Waals surface area contributed by atoms with Gasteiger partial charge in [0.05, 0.1) is 50.8 Å². The topological polar surface area (TPSA) is 843 Å². The first-order chi connectivity index (χ1) is 67.7. The van der Waals surface area contributed by atoms with E-state index in [9.17, 15) is 152 Å². The molecule has 0 radical (unpaired) electrons. The number of carboxylic acid groups (broad SMARTS) is 3. The zero-order valence-electron chi connectivity index (χ0n) is 80.4. The summed E-state index contributed by atoms with van der Waals surface area (Å²) in [6.07, 6.45) is -9.08. The van der Waals surface area contributed by atoms with Crippen LogP contribution in [0.15, 0.2) is 103 Å². The molecule has 792 valence electrons. The van der Waals surface area contributed by atoms with Crippen molar-refractivity contribution in [2.75, 3.05) is 32.1 Å². The molecule has 33 N–H and O–H groups in total. The Kier molecular flexibility index (Phi) is 51.1. The number of phenols is 3. The van der Waals surface area contributed by atoms with Crippen molar-refractivity contribution < 1.29 is 152 Å². The summed E-state index contributed by atoms with van der Waals surface area (Å²) in [4.78, 5) is 287. The van der Waals surface area contributed by atoms with E-state index in [2.05, 4.69) is 97.7 Å². The highest BCUT2D eigenvalue weighted by molar-refractivity contribution is 7.80. The molecule has 18 amide bonds. The van der Waals surface area contributed by atoms with Crippen LogP contribution in [-0.4, -0.2) is 322 Å². The normalized spacial score (nSPS) is 14.9. The van der Waals surface area contributed by atoms with Crippen molar-refractivity contribution in [1.82, 2.24) is 90.4 Å². The third-order valence-electron chi connectivity index (χ3n) is 22.1. The van der Waals surface area contributed by atoms with Gasteiger partial charge in [0, 0.05) is 43.9 Å². The summed E-state index contributed by atoms with van der Waals surface area (Å²) < 4.78 is 0. The number of thiol groups is 1. The fourth-order valence-corrected chi connectivity index (χ4v) is 14.1. The van der Waals surface area contributed by atoms with Crippen molar-refractivity contribution >= 4 is 137 Å². The van der Waals surface area contributed by atoms with E-state index >= 15 is 0 Å². The monoisotopic (exact) mass is 2040 g/mol. The van der Waals surface area contributed by atoms with Gasteiger partial charge in [-0.15, -0.1) is 0 Å². The third kappa shape index (κ3) is 42.6. The van der Waals surface area contributed by atoms with Gasteiger partial charge in [0.1, 0.15) is 107 Å². The third-order valence-corrected chi connectivity index (χ3v) is 22.5. The highest BCUT2D eigenvalue weighted by Gasteiger charge is 2.42. The minimum absolute atomic E-state index is 0.0238. The second kappa shape index (κ2) is 60.5. The number of aromatic hydroxyl groups is 3.